The van der Waals surface area contributed by atoms with Crippen molar-refractivity contribution < 1.29 is 14.7 Å². The Hall–Kier alpha value is -2.12. The molecule has 2 rings (SSSR count). The van der Waals surface area contributed by atoms with E-state index in [2.05, 4.69) is 5.32 Å². The summed E-state index contributed by atoms with van der Waals surface area (Å²) in [5, 5.41) is 13.4. The van der Waals surface area contributed by atoms with Gasteiger partial charge in [-0.2, -0.15) is 0 Å². The van der Waals surface area contributed by atoms with Crippen LogP contribution in [-0.2, 0) is 4.79 Å². The Morgan fingerprint density at radius 3 is 2.73 bits per heavy atom. The maximum atomic E-state index is 12.5. The van der Waals surface area contributed by atoms with Crippen molar-refractivity contribution in [2.75, 3.05) is 25.5 Å². The number of nitrogens with two attached hydrogens (primary N) is 1. The van der Waals surface area contributed by atoms with E-state index in [9.17, 15) is 14.7 Å². The number of amides is 3. The van der Waals surface area contributed by atoms with Crippen molar-refractivity contribution in [3.05, 3.63) is 30.3 Å². The van der Waals surface area contributed by atoms with Gasteiger partial charge in [0.15, 0.2) is 0 Å². The zero-order valence-electron chi connectivity index (χ0n) is 15.6. The number of β-amino-alcohol motifs (C(OH)–C–C–N with tert-alkyl or cyclic N) is 1. The van der Waals surface area contributed by atoms with Crippen molar-refractivity contribution in [1.29, 1.82) is 0 Å². The summed E-state index contributed by atoms with van der Waals surface area (Å²) in [6, 6.07) is 8.09. The number of likely N-dealkylation sites (tertiary alicyclic amines) is 1. The van der Waals surface area contributed by atoms with Crippen LogP contribution < -0.4 is 11.1 Å². The summed E-state index contributed by atoms with van der Waals surface area (Å²) < 4.78 is 0. The molecule has 26 heavy (non-hydrogen) atoms. The Morgan fingerprint density at radius 2 is 2.08 bits per heavy atom. The van der Waals surface area contributed by atoms with Gasteiger partial charge in [0.1, 0.15) is 0 Å². The van der Waals surface area contributed by atoms with E-state index in [1.165, 1.54) is 0 Å². The largest absolute Gasteiger partial charge is 0.389 e. The molecule has 0 bridgehead atoms. The molecule has 3 unspecified atom stereocenters. The second kappa shape index (κ2) is 9.54. The highest BCUT2D eigenvalue weighted by atomic mass is 16.3. The van der Waals surface area contributed by atoms with Crippen LogP contribution in [0.4, 0.5) is 10.5 Å². The molecule has 0 radical (unpaired) electrons. The van der Waals surface area contributed by atoms with Crippen LogP contribution in [0.5, 0.6) is 0 Å². The van der Waals surface area contributed by atoms with E-state index < -0.39 is 12.1 Å². The van der Waals surface area contributed by atoms with Crippen molar-refractivity contribution in [3.8, 4) is 0 Å². The Bertz CT molecular complexity index is 596. The van der Waals surface area contributed by atoms with E-state index in [0.29, 0.717) is 31.5 Å². The van der Waals surface area contributed by atoms with Gasteiger partial charge >= 0.3 is 6.03 Å². The molecule has 0 saturated carbocycles. The van der Waals surface area contributed by atoms with E-state index in [1.54, 1.807) is 16.8 Å². The van der Waals surface area contributed by atoms with E-state index >= 15 is 0 Å². The lowest BCUT2D eigenvalue weighted by Crippen LogP contribution is -2.52. The van der Waals surface area contributed by atoms with Crippen LogP contribution in [0.3, 0.4) is 0 Å². The molecular formula is C19H30N4O3. The Balaban J connectivity index is 1.97. The third kappa shape index (κ3) is 5.19. The van der Waals surface area contributed by atoms with Gasteiger partial charge in [-0.25, -0.2) is 4.79 Å². The van der Waals surface area contributed by atoms with E-state index in [0.717, 1.165) is 6.42 Å². The minimum Gasteiger partial charge on any atom is -0.389 e. The fourth-order valence-electron chi connectivity index (χ4n) is 3.34. The summed E-state index contributed by atoms with van der Waals surface area (Å²) in [6.45, 7) is 2.70. The number of likely N-dealkylation sites (N-methyl/N-ethyl adjacent to an activating group) is 1. The van der Waals surface area contributed by atoms with Gasteiger partial charge in [0.2, 0.25) is 5.91 Å². The van der Waals surface area contributed by atoms with Crippen molar-refractivity contribution in [1.82, 2.24) is 9.80 Å². The number of nitrogens with one attached hydrogen (secondary N) is 1. The molecule has 7 nitrogen and oxygen atoms in total. The lowest BCUT2D eigenvalue weighted by atomic mass is 10.0. The smallest absolute Gasteiger partial charge is 0.321 e. The molecule has 0 aromatic heterocycles. The van der Waals surface area contributed by atoms with Gasteiger partial charge in [-0.3, -0.25) is 4.79 Å². The van der Waals surface area contributed by atoms with E-state index in [4.69, 9.17) is 5.73 Å². The summed E-state index contributed by atoms with van der Waals surface area (Å²) in [5.74, 6) is -0.155. The Morgan fingerprint density at radius 1 is 1.38 bits per heavy atom. The number of carbonyl (C=O) groups is 2. The molecule has 3 amide bonds. The van der Waals surface area contributed by atoms with Gasteiger partial charge in [0, 0.05) is 19.3 Å². The van der Waals surface area contributed by atoms with E-state index in [1.807, 2.05) is 37.3 Å². The SMILES string of the molecule is CCCC(N)C(=O)N(C)C1CCCN(C(=O)Nc2ccccc2)CC1O. The van der Waals surface area contributed by atoms with Gasteiger partial charge in [-0.15, -0.1) is 0 Å². The van der Waals surface area contributed by atoms with Crippen molar-refractivity contribution in [3.63, 3.8) is 0 Å². The number of hydrogen-bond acceptors (Lipinski definition) is 4. The number of aliphatic hydroxyl groups is 1. The number of carbonyl (C=O) groups excluding carboxylic acids is 2. The predicted octanol–water partition coefficient (Wildman–Crippen LogP) is 1.63. The van der Waals surface area contributed by atoms with Gasteiger partial charge in [0.25, 0.3) is 0 Å². The van der Waals surface area contributed by atoms with Crippen LogP contribution >= 0.6 is 0 Å². The summed E-state index contributed by atoms with van der Waals surface area (Å²) in [4.78, 5) is 28.1. The van der Waals surface area contributed by atoms with Crippen LogP contribution in [-0.4, -0.2) is 65.2 Å². The standard InChI is InChI=1S/C19H30N4O3/c1-3-8-15(20)18(25)22(2)16-11-7-12-23(13-17(16)24)19(26)21-14-9-5-4-6-10-14/h4-6,9-10,15-17,24H,3,7-8,11-13,20H2,1-2H3,(H,21,26). The number of hydrogen-bond donors (Lipinski definition) is 3. The number of para-hydroxylation sites is 1. The highest BCUT2D eigenvalue weighted by molar-refractivity contribution is 5.89. The summed E-state index contributed by atoms with van der Waals surface area (Å²) in [6.07, 6.45) is 2.00. The van der Waals surface area contributed by atoms with Crippen molar-refractivity contribution in [2.45, 2.75) is 50.8 Å². The van der Waals surface area contributed by atoms with Crippen LogP contribution in [0.1, 0.15) is 32.6 Å². The van der Waals surface area contributed by atoms with Crippen LogP contribution in [0.2, 0.25) is 0 Å². The number of aliphatic hydroxyl groups excluding tert-OH is 1. The normalized spacial score (nSPS) is 21.6. The summed E-state index contributed by atoms with van der Waals surface area (Å²) >= 11 is 0. The molecule has 1 saturated heterocycles. The molecule has 1 heterocycles. The van der Waals surface area contributed by atoms with Crippen LogP contribution in [0, 0.1) is 0 Å². The minimum absolute atomic E-state index is 0.155. The van der Waals surface area contributed by atoms with Gasteiger partial charge in [-0.05, 0) is 31.4 Å². The zero-order chi connectivity index (χ0) is 19.1. The summed E-state index contributed by atoms with van der Waals surface area (Å²) in [7, 11) is 1.69. The number of anilines is 1. The fraction of sp³-hybridized carbons (Fsp3) is 0.579. The average molecular weight is 362 g/mol. The number of urea groups is 1. The van der Waals surface area contributed by atoms with Crippen molar-refractivity contribution in [2.24, 2.45) is 5.73 Å². The maximum absolute atomic E-state index is 12.5. The quantitative estimate of drug-likeness (QED) is 0.741. The Labute approximate surface area is 155 Å². The van der Waals surface area contributed by atoms with Gasteiger partial charge < -0.3 is 26.0 Å². The summed E-state index contributed by atoms with van der Waals surface area (Å²) in [5.41, 5.74) is 6.65. The average Bonchev–Trinajstić information content (AvgIpc) is 2.83. The second-order valence-corrected chi connectivity index (χ2v) is 6.86. The predicted molar refractivity (Wildman–Crippen MR) is 102 cm³/mol. The Kier molecular flexibility index (Phi) is 7.41. The molecule has 1 aliphatic heterocycles. The molecule has 1 aromatic carbocycles. The third-order valence-electron chi connectivity index (χ3n) is 4.85. The molecule has 1 fully saturated rings. The van der Waals surface area contributed by atoms with Gasteiger partial charge in [-0.1, -0.05) is 31.5 Å². The molecule has 1 aromatic rings. The monoisotopic (exact) mass is 362 g/mol. The molecule has 1 aliphatic rings. The third-order valence-corrected chi connectivity index (χ3v) is 4.85. The highest BCUT2D eigenvalue weighted by Gasteiger charge is 2.33. The second-order valence-electron chi connectivity index (χ2n) is 6.86. The first-order valence-electron chi connectivity index (χ1n) is 9.25. The fourth-order valence-corrected chi connectivity index (χ4v) is 3.34. The lowest BCUT2D eigenvalue weighted by molar-refractivity contribution is -0.136. The molecule has 3 atom stereocenters. The number of rotatable bonds is 5. The van der Waals surface area contributed by atoms with Gasteiger partial charge in [0.05, 0.1) is 24.7 Å². The molecule has 0 spiro atoms. The first-order valence-corrected chi connectivity index (χ1v) is 9.25. The van der Waals surface area contributed by atoms with E-state index in [-0.39, 0.29) is 24.5 Å². The van der Waals surface area contributed by atoms with Crippen LogP contribution in [0.25, 0.3) is 0 Å². The molecule has 7 heteroatoms. The minimum atomic E-state index is -0.804. The highest BCUT2D eigenvalue weighted by Crippen LogP contribution is 2.19. The number of nitrogens with zero attached hydrogens (tertiary/aromatic N) is 2. The molecule has 144 valence electrons. The van der Waals surface area contributed by atoms with Crippen LogP contribution in [0.15, 0.2) is 30.3 Å². The molecular weight excluding hydrogens is 332 g/mol. The first-order chi connectivity index (χ1) is 12.4. The first kappa shape index (κ1) is 20.2. The lowest BCUT2D eigenvalue weighted by Gasteiger charge is -2.33. The molecule has 4 N–H and O–H groups in total. The molecule has 0 aliphatic carbocycles. The maximum Gasteiger partial charge on any atom is 0.321 e. The zero-order valence-corrected chi connectivity index (χ0v) is 15.6. The topological polar surface area (TPSA) is 98.9 Å². The number of benzene rings is 1. The van der Waals surface area contributed by atoms with Crippen molar-refractivity contribution >= 4 is 17.6 Å².